The molecule has 4 rings (SSSR count). The summed E-state index contributed by atoms with van der Waals surface area (Å²) in [6.07, 6.45) is 15.1. The predicted octanol–water partition coefficient (Wildman–Crippen LogP) is 6.45. The Hall–Kier alpha value is -3.12. The van der Waals surface area contributed by atoms with Gasteiger partial charge in [-0.15, -0.1) is 11.3 Å². The molecular formula is C28H37N5S. The summed E-state index contributed by atoms with van der Waals surface area (Å²) in [4.78, 5) is 9.90. The second-order valence-corrected chi connectivity index (χ2v) is 9.85. The monoisotopic (exact) mass is 475 g/mol. The van der Waals surface area contributed by atoms with Crippen LogP contribution in [0.25, 0.3) is 5.57 Å². The van der Waals surface area contributed by atoms with Crippen LogP contribution in [0.2, 0.25) is 0 Å². The third-order valence-electron chi connectivity index (χ3n) is 5.82. The Bertz CT molecular complexity index is 1050. The van der Waals surface area contributed by atoms with E-state index in [9.17, 15) is 0 Å². The maximum absolute atomic E-state index is 4.42. The first-order chi connectivity index (χ1) is 16.4. The van der Waals surface area contributed by atoms with Gasteiger partial charge in [-0.3, -0.25) is 0 Å². The summed E-state index contributed by atoms with van der Waals surface area (Å²) in [6, 6.07) is 6.49. The summed E-state index contributed by atoms with van der Waals surface area (Å²) in [5.74, 6) is 1.48. The van der Waals surface area contributed by atoms with Crippen molar-refractivity contribution in [2.45, 2.75) is 52.1 Å². The smallest absolute Gasteiger partial charge is 0.222 e. The number of aromatic nitrogens is 2. The van der Waals surface area contributed by atoms with Crippen LogP contribution >= 0.6 is 11.3 Å². The van der Waals surface area contributed by atoms with Crippen molar-refractivity contribution in [1.82, 2.24) is 20.6 Å². The Morgan fingerprint density at radius 1 is 1.21 bits per heavy atom. The molecule has 2 aromatic heterocycles. The molecule has 0 saturated heterocycles. The number of thiophene rings is 1. The van der Waals surface area contributed by atoms with Crippen LogP contribution in [0.5, 0.6) is 0 Å². The van der Waals surface area contributed by atoms with E-state index in [0.29, 0.717) is 12.0 Å². The molecule has 2 unspecified atom stereocenters. The summed E-state index contributed by atoms with van der Waals surface area (Å²) in [6.45, 7) is 13.2. The van der Waals surface area contributed by atoms with Gasteiger partial charge in [-0.25, -0.2) is 9.97 Å². The molecule has 0 aliphatic heterocycles. The Kier molecular flexibility index (Phi) is 9.71. The van der Waals surface area contributed by atoms with E-state index < -0.39 is 0 Å². The number of hydrogen-bond donors (Lipinski definition) is 3. The molecule has 0 saturated carbocycles. The Morgan fingerprint density at radius 2 is 2.06 bits per heavy atom. The van der Waals surface area contributed by atoms with E-state index in [1.165, 1.54) is 29.7 Å². The molecule has 0 radical (unpaired) electrons. The van der Waals surface area contributed by atoms with Crippen molar-refractivity contribution in [2.24, 2.45) is 5.92 Å². The van der Waals surface area contributed by atoms with E-state index in [1.54, 1.807) is 17.5 Å². The van der Waals surface area contributed by atoms with Gasteiger partial charge in [-0.05, 0) is 67.2 Å². The minimum atomic E-state index is 0.330. The van der Waals surface area contributed by atoms with Gasteiger partial charge in [0.1, 0.15) is 0 Å². The van der Waals surface area contributed by atoms with Crippen molar-refractivity contribution in [3.8, 4) is 0 Å². The fourth-order valence-electron chi connectivity index (χ4n) is 3.83. The standard InChI is InChI=1S/C14H18N4.C14H19NS/c1-10(2)17-12-6-4-11(5-7-12)13-8-9-16-14(15-3)18-13;1-11-5-7-13(8-6-11)12(2)15-10-14-4-3-9-16-14/h4-6,8-9,12,17H,1,7H2,2-3H3,(H,15,16,18);3-4,7,9,11,15H,2,5-6,8,10H2,1H3. The third kappa shape index (κ3) is 8.03. The summed E-state index contributed by atoms with van der Waals surface area (Å²) in [7, 11) is 1.82. The predicted molar refractivity (Wildman–Crippen MR) is 146 cm³/mol. The van der Waals surface area contributed by atoms with Crippen LogP contribution in [-0.4, -0.2) is 23.1 Å². The molecule has 0 spiro atoms. The van der Waals surface area contributed by atoms with Gasteiger partial charge in [0.25, 0.3) is 0 Å². The van der Waals surface area contributed by atoms with Gasteiger partial charge in [0.05, 0.1) is 5.69 Å². The average molecular weight is 476 g/mol. The first-order valence-corrected chi connectivity index (χ1v) is 12.8. The highest BCUT2D eigenvalue weighted by molar-refractivity contribution is 7.09. The van der Waals surface area contributed by atoms with Gasteiger partial charge in [0, 0.05) is 42.1 Å². The fourth-order valence-corrected chi connectivity index (χ4v) is 4.48. The van der Waals surface area contributed by atoms with Gasteiger partial charge >= 0.3 is 0 Å². The van der Waals surface area contributed by atoms with Gasteiger partial charge in [0.2, 0.25) is 5.95 Å². The van der Waals surface area contributed by atoms with Gasteiger partial charge in [-0.2, -0.15) is 0 Å². The van der Waals surface area contributed by atoms with Crippen molar-refractivity contribution in [3.05, 3.63) is 94.8 Å². The molecule has 180 valence electrons. The normalized spacial score (nSPS) is 19.1. The number of anilines is 1. The molecular weight excluding hydrogens is 438 g/mol. The number of hydrogen-bond acceptors (Lipinski definition) is 6. The van der Waals surface area contributed by atoms with Crippen molar-refractivity contribution in [3.63, 3.8) is 0 Å². The highest BCUT2D eigenvalue weighted by Gasteiger charge is 2.12. The van der Waals surface area contributed by atoms with Crippen LogP contribution < -0.4 is 16.0 Å². The minimum Gasteiger partial charge on any atom is -0.383 e. The molecule has 5 nitrogen and oxygen atoms in total. The zero-order valence-corrected chi connectivity index (χ0v) is 21.4. The molecule has 0 bridgehead atoms. The van der Waals surface area contributed by atoms with Crippen LogP contribution in [0.1, 0.15) is 50.1 Å². The molecule has 2 aliphatic carbocycles. The maximum Gasteiger partial charge on any atom is 0.222 e. The highest BCUT2D eigenvalue weighted by atomic mass is 32.1. The zero-order valence-electron chi connectivity index (χ0n) is 20.6. The minimum absolute atomic E-state index is 0.330. The molecule has 34 heavy (non-hydrogen) atoms. The molecule has 3 N–H and O–H groups in total. The van der Waals surface area contributed by atoms with Crippen LogP contribution in [0, 0.1) is 5.92 Å². The fraction of sp³-hybridized carbons (Fsp3) is 0.357. The zero-order chi connectivity index (χ0) is 24.3. The first kappa shape index (κ1) is 25.5. The van der Waals surface area contributed by atoms with E-state index >= 15 is 0 Å². The summed E-state index contributed by atoms with van der Waals surface area (Å²) in [5.41, 5.74) is 5.59. The SMILES string of the molecule is C=C(C)NC1C=CC(c2ccnc(NC)n2)=CC1.C=C(NCc1cccs1)C1=CCC(C)CC1. The van der Waals surface area contributed by atoms with Crippen LogP contribution in [0.4, 0.5) is 5.95 Å². The van der Waals surface area contributed by atoms with Crippen molar-refractivity contribution in [2.75, 3.05) is 12.4 Å². The Labute approximate surface area is 208 Å². The second-order valence-electron chi connectivity index (χ2n) is 8.82. The molecule has 2 aliphatic rings. The molecule has 0 fully saturated rings. The lowest BCUT2D eigenvalue weighted by atomic mass is 9.90. The highest BCUT2D eigenvalue weighted by Crippen LogP contribution is 2.26. The topological polar surface area (TPSA) is 61.9 Å². The largest absolute Gasteiger partial charge is 0.383 e. The Balaban J connectivity index is 0.000000192. The third-order valence-corrected chi connectivity index (χ3v) is 6.70. The molecule has 6 heteroatoms. The number of allylic oxidation sites excluding steroid dienone is 5. The van der Waals surface area contributed by atoms with Gasteiger partial charge in [0.15, 0.2) is 0 Å². The van der Waals surface area contributed by atoms with Crippen LogP contribution in [0.15, 0.2) is 84.2 Å². The van der Waals surface area contributed by atoms with E-state index in [-0.39, 0.29) is 0 Å². The van der Waals surface area contributed by atoms with E-state index in [1.807, 2.05) is 20.0 Å². The number of rotatable bonds is 8. The van der Waals surface area contributed by atoms with Crippen molar-refractivity contribution < 1.29 is 0 Å². The van der Waals surface area contributed by atoms with Crippen LogP contribution in [-0.2, 0) is 6.54 Å². The van der Waals surface area contributed by atoms with Crippen molar-refractivity contribution >= 4 is 22.9 Å². The first-order valence-electron chi connectivity index (χ1n) is 11.9. The quantitative estimate of drug-likeness (QED) is 0.409. The van der Waals surface area contributed by atoms with E-state index in [4.69, 9.17) is 0 Å². The lowest BCUT2D eigenvalue weighted by molar-refractivity contribution is 0.513. The molecule has 2 heterocycles. The summed E-state index contributed by atoms with van der Waals surface area (Å²) < 4.78 is 0. The van der Waals surface area contributed by atoms with Gasteiger partial charge in [-0.1, -0.05) is 50.5 Å². The molecule has 2 atom stereocenters. The average Bonchev–Trinajstić information content (AvgIpc) is 3.37. The second kappa shape index (κ2) is 12.9. The van der Waals surface area contributed by atoms with Crippen molar-refractivity contribution in [1.29, 1.82) is 0 Å². The van der Waals surface area contributed by atoms with Crippen LogP contribution in [0.3, 0.4) is 0 Å². The number of nitrogens with one attached hydrogen (secondary N) is 3. The molecule has 2 aromatic rings. The lowest BCUT2D eigenvalue weighted by Crippen LogP contribution is -2.25. The van der Waals surface area contributed by atoms with E-state index in [2.05, 4.69) is 87.8 Å². The van der Waals surface area contributed by atoms with Gasteiger partial charge < -0.3 is 16.0 Å². The maximum atomic E-state index is 4.42. The lowest BCUT2D eigenvalue weighted by Gasteiger charge is -2.20. The molecule has 0 aromatic carbocycles. The summed E-state index contributed by atoms with van der Waals surface area (Å²) >= 11 is 1.79. The number of nitrogens with zero attached hydrogens (tertiary/aromatic N) is 2. The Morgan fingerprint density at radius 3 is 2.68 bits per heavy atom. The summed E-state index contributed by atoms with van der Waals surface area (Å²) in [5, 5.41) is 11.8. The molecule has 0 amide bonds. The van der Waals surface area contributed by atoms with E-state index in [0.717, 1.165) is 41.5 Å².